The highest BCUT2D eigenvalue weighted by atomic mass is 19.4. The minimum Gasteiger partial charge on any atom is -0.329 e. The zero-order chi connectivity index (χ0) is 18.7. The highest BCUT2D eigenvalue weighted by molar-refractivity contribution is 5.31. The van der Waals surface area contributed by atoms with Crippen LogP contribution in [0, 0.1) is 11.6 Å². The number of rotatable bonds is 2. The molecule has 1 saturated carbocycles. The SMILES string of the molecule is NC1CCC(c2cccc(F)c2F)Cn2c(C3(C(F)(F)F)CC3)cnc21. The van der Waals surface area contributed by atoms with E-state index in [1.807, 2.05) is 0 Å². The van der Waals surface area contributed by atoms with Crippen LogP contribution in [0.15, 0.2) is 24.4 Å². The molecule has 2 unspecified atom stereocenters. The number of nitrogens with zero attached hydrogens (tertiary/aromatic N) is 2. The monoisotopic (exact) mass is 371 g/mol. The van der Waals surface area contributed by atoms with E-state index in [4.69, 9.17) is 5.73 Å². The van der Waals surface area contributed by atoms with Gasteiger partial charge in [0.2, 0.25) is 0 Å². The molecule has 1 aromatic carbocycles. The van der Waals surface area contributed by atoms with Gasteiger partial charge in [0.05, 0.1) is 11.7 Å². The maximum absolute atomic E-state index is 14.2. The first-order valence-electron chi connectivity index (χ1n) is 8.57. The van der Waals surface area contributed by atoms with E-state index in [1.54, 1.807) is 0 Å². The van der Waals surface area contributed by atoms with Crippen LogP contribution in [0.4, 0.5) is 22.0 Å². The fourth-order valence-electron chi connectivity index (χ4n) is 3.98. The first kappa shape index (κ1) is 17.5. The molecule has 3 nitrogen and oxygen atoms in total. The summed E-state index contributed by atoms with van der Waals surface area (Å²) in [5.41, 5.74) is 4.46. The van der Waals surface area contributed by atoms with Gasteiger partial charge in [-0.1, -0.05) is 12.1 Å². The molecule has 0 spiro atoms. The van der Waals surface area contributed by atoms with Gasteiger partial charge in [0, 0.05) is 18.7 Å². The quantitative estimate of drug-likeness (QED) is 0.799. The summed E-state index contributed by atoms with van der Waals surface area (Å²) in [6.07, 6.45) is -2.22. The van der Waals surface area contributed by atoms with Crippen LogP contribution >= 0.6 is 0 Å². The summed E-state index contributed by atoms with van der Waals surface area (Å²) >= 11 is 0. The van der Waals surface area contributed by atoms with Crippen molar-refractivity contribution in [2.24, 2.45) is 5.73 Å². The second-order valence-electron chi connectivity index (χ2n) is 7.22. The summed E-state index contributed by atoms with van der Waals surface area (Å²) in [5, 5.41) is 0. The lowest BCUT2D eigenvalue weighted by molar-refractivity contribution is -0.162. The first-order chi connectivity index (χ1) is 12.2. The molecule has 2 aromatic rings. The lowest BCUT2D eigenvalue weighted by Gasteiger charge is -2.24. The van der Waals surface area contributed by atoms with Crippen molar-refractivity contribution in [3.8, 4) is 0 Å². The van der Waals surface area contributed by atoms with Crippen molar-refractivity contribution >= 4 is 0 Å². The summed E-state index contributed by atoms with van der Waals surface area (Å²) in [6, 6.07) is 3.38. The molecule has 4 rings (SSSR count). The predicted molar refractivity (Wildman–Crippen MR) is 84.5 cm³/mol. The molecule has 2 N–H and O–H groups in total. The van der Waals surface area contributed by atoms with Gasteiger partial charge in [-0.05, 0) is 37.3 Å². The summed E-state index contributed by atoms with van der Waals surface area (Å²) < 4.78 is 70.1. The van der Waals surface area contributed by atoms with Gasteiger partial charge in [-0.25, -0.2) is 13.8 Å². The van der Waals surface area contributed by atoms with E-state index in [2.05, 4.69) is 4.98 Å². The number of imidazole rings is 1. The van der Waals surface area contributed by atoms with E-state index in [-0.39, 0.29) is 30.6 Å². The smallest absolute Gasteiger partial charge is 0.329 e. The van der Waals surface area contributed by atoms with Crippen molar-refractivity contribution < 1.29 is 22.0 Å². The van der Waals surface area contributed by atoms with Gasteiger partial charge in [0.25, 0.3) is 0 Å². The van der Waals surface area contributed by atoms with Gasteiger partial charge in [0.1, 0.15) is 11.2 Å². The minimum atomic E-state index is -4.38. The Hall–Kier alpha value is -1.96. The Morgan fingerprint density at radius 3 is 2.54 bits per heavy atom. The number of hydrogen-bond donors (Lipinski definition) is 1. The van der Waals surface area contributed by atoms with Crippen molar-refractivity contribution in [1.29, 1.82) is 0 Å². The van der Waals surface area contributed by atoms with Gasteiger partial charge in [0.15, 0.2) is 11.6 Å². The van der Waals surface area contributed by atoms with Crippen molar-refractivity contribution in [3.63, 3.8) is 0 Å². The van der Waals surface area contributed by atoms with Crippen LogP contribution < -0.4 is 5.73 Å². The van der Waals surface area contributed by atoms with Gasteiger partial charge < -0.3 is 10.3 Å². The standard InChI is InChI=1S/C18H18F5N3/c19-12-3-1-2-11(15(12)20)10-4-5-13(24)16-25-8-14(26(16)9-10)17(6-7-17)18(21,22)23/h1-3,8,10,13H,4-7,9,24H2. The third kappa shape index (κ3) is 2.53. The van der Waals surface area contributed by atoms with Crippen LogP contribution in [0.5, 0.6) is 0 Å². The predicted octanol–water partition coefficient (Wildman–Crippen LogP) is 4.33. The summed E-state index contributed by atoms with van der Waals surface area (Å²) in [6.45, 7) is 0.108. The maximum atomic E-state index is 14.2. The van der Waals surface area contributed by atoms with Crippen molar-refractivity contribution in [1.82, 2.24) is 9.55 Å². The number of benzene rings is 1. The Balaban J connectivity index is 1.78. The lowest BCUT2D eigenvalue weighted by Crippen LogP contribution is -2.32. The van der Waals surface area contributed by atoms with Crippen LogP contribution in [0.25, 0.3) is 0 Å². The van der Waals surface area contributed by atoms with Gasteiger partial charge in [-0.3, -0.25) is 0 Å². The Labute approximate surface area is 147 Å². The third-order valence-corrected chi connectivity index (χ3v) is 5.65. The number of halogens is 5. The third-order valence-electron chi connectivity index (χ3n) is 5.65. The van der Waals surface area contributed by atoms with Gasteiger partial charge >= 0.3 is 6.18 Å². The number of aromatic nitrogens is 2. The Kier molecular flexibility index (Phi) is 3.87. The Morgan fingerprint density at radius 1 is 1.15 bits per heavy atom. The Bertz CT molecular complexity index is 838. The van der Waals surface area contributed by atoms with Crippen molar-refractivity contribution in [3.05, 3.63) is 53.1 Å². The summed E-state index contributed by atoms with van der Waals surface area (Å²) in [7, 11) is 0. The second-order valence-corrected chi connectivity index (χ2v) is 7.22. The molecule has 140 valence electrons. The molecule has 1 aliphatic heterocycles. The largest absolute Gasteiger partial charge is 0.399 e. The van der Waals surface area contributed by atoms with Crippen LogP contribution in [0.1, 0.15) is 54.7 Å². The lowest BCUT2D eigenvalue weighted by atomic mass is 9.92. The number of fused-ring (bicyclic) bond motifs is 1. The average molecular weight is 371 g/mol. The Morgan fingerprint density at radius 2 is 1.88 bits per heavy atom. The van der Waals surface area contributed by atoms with Crippen molar-refractivity contribution in [2.45, 2.75) is 55.8 Å². The fraction of sp³-hybridized carbons (Fsp3) is 0.500. The molecular weight excluding hydrogens is 353 g/mol. The highest BCUT2D eigenvalue weighted by Crippen LogP contribution is 2.59. The molecule has 8 heteroatoms. The zero-order valence-electron chi connectivity index (χ0n) is 13.9. The van der Waals surface area contributed by atoms with E-state index >= 15 is 0 Å². The van der Waals surface area contributed by atoms with Crippen LogP contribution in [-0.4, -0.2) is 15.7 Å². The number of alkyl halides is 3. The van der Waals surface area contributed by atoms with Gasteiger partial charge in [-0.2, -0.15) is 13.2 Å². The zero-order valence-corrected chi connectivity index (χ0v) is 13.9. The topological polar surface area (TPSA) is 43.8 Å². The molecule has 0 bridgehead atoms. The molecule has 26 heavy (non-hydrogen) atoms. The first-order valence-corrected chi connectivity index (χ1v) is 8.57. The molecule has 2 heterocycles. The van der Waals surface area contributed by atoms with Gasteiger partial charge in [-0.15, -0.1) is 0 Å². The van der Waals surface area contributed by atoms with Crippen LogP contribution in [-0.2, 0) is 12.0 Å². The fourth-order valence-corrected chi connectivity index (χ4v) is 3.98. The molecule has 2 atom stereocenters. The maximum Gasteiger partial charge on any atom is 0.399 e. The average Bonchev–Trinajstić information content (AvgIpc) is 3.32. The second kappa shape index (κ2) is 5.77. The molecule has 0 radical (unpaired) electrons. The summed E-state index contributed by atoms with van der Waals surface area (Å²) in [5.74, 6) is -1.99. The normalized spacial score (nSPS) is 24.8. The van der Waals surface area contributed by atoms with E-state index in [9.17, 15) is 22.0 Å². The minimum absolute atomic E-state index is 0.00979. The molecule has 1 fully saturated rings. The van der Waals surface area contributed by atoms with E-state index in [0.717, 1.165) is 6.07 Å². The summed E-state index contributed by atoms with van der Waals surface area (Å²) in [4.78, 5) is 4.16. The van der Waals surface area contributed by atoms with E-state index in [1.165, 1.54) is 22.9 Å². The molecule has 0 amide bonds. The van der Waals surface area contributed by atoms with E-state index in [0.29, 0.717) is 18.7 Å². The molecule has 0 saturated heterocycles. The number of nitrogens with two attached hydrogens (primary N) is 1. The molecule has 1 aliphatic carbocycles. The van der Waals surface area contributed by atoms with Crippen LogP contribution in [0.3, 0.4) is 0 Å². The number of hydrogen-bond acceptors (Lipinski definition) is 2. The highest BCUT2D eigenvalue weighted by Gasteiger charge is 2.66. The van der Waals surface area contributed by atoms with Crippen molar-refractivity contribution in [2.75, 3.05) is 0 Å². The van der Waals surface area contributed by atoms with E-state index < -0.39 is 35.2 Å². The molecule has 1 aromatic heterocycles. The molecular formula is C18H18F5N3. The molecule has 2 aliphatic rings. The van der Waals surface area contributed by atoms with Crippen LogP contribution in [0.2, 0.25) is 0 Å².